The first-order valence-electron chi connectivity index (χ1n) is 13.7. The van der Waals surface area contributed by atoms with Crippen LogP contribution < -0.4 is 15.4 Å². The first-order valence-corrected chi connectivity index (χ1v) is 13.7. The molecule has 10 heteroatoms. The number of benzene rings is 2. The second kappa shape index (κ2) is 11.9. The SMILES string of the molecule is CC(C)CC(=O)OCn1c(N(C)C2CCN(c3nc4ccccc4n3Cc3ccc(F)cc3)CC2)nccc1=O. The zero-order valence-electron chi connectivity index (χ0n) is 23.2. The standard InChI is InChI=1S/C30H35FN6O3/c1-21(2)18-28(39)40-20-37-27(38)12-15-32-29(37)34(3)24-13-16-35(17-14-24)30-33-25-6-4-5-7-26(25)36(30)19-22-8-10-23(31)11-9-22/h4-12,15,21,24H,13-14,16-20H2,1-3H3. The lowest BCUT2D eigenvalue weighted by atomic mass is 10.0. The van der Waals surface area contributed by atoms with Gasteiger partial charge < -0.3 is 19.1 Å². The van der Waals surface area contributed by atoms with Crippen LogP contribution in [0.3, 0.4) is 0 Å². The topological polar surface area (TPSA) is 85.5 Å². The van der Waals surface area contributed by atoms with Gasteiger partial charge in [-0.1, -0.05) is 38.1 Å². The number of aromatic nitrogens is 4. The fourth-order valence-corrected chi connectivity index (χ4v) is 5.21. The summed E-state index contributed by atoms with van der Waals surface area (Å²) in [4.78, 5) is 38.5. The summed E-state index contributed by atoms with van der Waals surface area (Å²) in [5, 5.41) is 0. The van der Waals surface area contributed by atoms with Crippen molar-refractivity contribution in [1.82, 2.24) is 19.1 Å². The minimum absolute atomic E-state index is 0.137. The van der Waals surface area contributed by atoms with Crippen molar-refractivity contribution in [3.63, 3.8) is 0 Å². The highest BCUT2D eigenvalue weighted by molar-refractivity contribution is 5.79. The van der Waals surface area contributed by atoms with Crippen LogP contribution in [0.1, 0.15) is 38.7 Å². The summed E-state index contributed by atoms with van der Waals surface area (Å²) in [6.07, 6.45) is 3.44. The average molecular weight is 547 g/mol. The number of ether oxygens (including phenoxy) is 1. The number of anilines is 2. The normalized spacial score (nSPS) is 14.2. The zero-order chi connectivity index (χ0) is 28.2. The molecule has 210 valence electrons. The van der Waals surface area contributed by atoms with Crippen molar-refractivity contribution < 1.29 is 13.9 Å². The molecule has 1 fully saturated rings. The van der Waals surface area contributed by atoms with Gasteiger partial charge in [-0.3, -0.25) is 9.59 Å². The molecular formula is C30H35FN6O3. The lowest BCUT2D eigenvalue weighted by molar-refractivity contribution is -0.148. The van der Waals surface area contributed by atoms with Crippen molar-refractivity contribution in [2.24, 2.45) is 5.92 Å². The van der Waals surface area contributed by atoms with Gasteiger partial charge >= 0.3 is 5.97 Å². The molecule has 0 N–H and O–H groups in total. The van der Waals surface area contributed by atoms with Crippen molar-refractivity contribution in [2.45, 2.75) is 52.4 Å². The summed E-state index contributed by atoms with van der Waals surface area (Å²) in [5.41, 5.74) is 2.69. The minimum Gasteiger partial charge on any atom is -0.444 e. The molecule has 4 aromatic rings. The van der Waals surface area contributed by atoms with E-state index in [0.717, 1.165) is 48.5 Å². The van der Waals surface area contributed by atoms with Crippen LogP contribution in [0.2, 0.25) is 0 Å². The number of carbonyl (C=O) groups is 1. The number of fused-ring (bicyclic) bond motifs is 1. The molecule has 1 aliphatic rings. The number of hydrogen-bond donors (Lipinski definition) is 0. The molecule has 0 radical (unpaired) electrons. The number of imidazole rings is 1. The molecule has 0 spiro atoms. The molecule has 1 saturated heterocycles. The van der Waals surface area contributed by atoms with Gasteiger partial charge in [0.1, 0.15) is 5.82 Å². The number of nitrogens with zero attached hydrogens (tertiary/aromatic N) is 6. The number of rotatable bonds is 9. The second-order valence-electron chi connectivity index (χ2n) is 10.7. The zero-order valence-corrected chi connectivity index (χ0v) is 23.2. The van der Waals surface area contributed by atoms with Crippen molar-refractivity contribution >= 4 is 28.9 Å². The lowest BCUT2D eigenvalue weighted by Gasteiger charge is -2.38. The highest BCUT2D eigenvalue weighted by atomic mass is 19.1. The molecule has 40 heavy (non-hydrogen) atoms. The van der Waals surface area contributed by atoms with E-state index in [1.807, 2.05) is 56.1 Å². The predicted molar refractivity (Wildman–Crippen MR) is 153 cm³/mol. The van der Waals surface area contributed by atoms with E-state index in [9.17, 15) is 14.0 Å². The van der Waals surface area contributed by atoms with E-state index >= 15 is 0 Å². The minimum atomic E-state index is -0.337. The van der Waals surface area contributed by atoms with Crippen LogP contribution in [0.15, 0.2) is 65.6 Å². The smallest absolute Gasteiger partial charge is 0.307 e. The van der Waals surface area contributed by atoms with Crippen molar-refractivity contribution in [3.8, 4) is 0 Å². The molecular weight excluding hydrogens is 511 g/mol. The molecule has 0 bridgehead atoms. The highest BCUT2D eigenvalue weighted by Gasteiger charge is 2.28. The van der Waals surface area contributed by atoms with Crippen LogP contribution in [0.25, 0.3) is 11.0 Å². The molecule has 0 aliphatic carbocycles. The number of carbonyl (C=O) groups excluding carboxylic acids is 1. The number of para-hydroxylation sites is 2. The number of esters is 1. The Balaban J connectivity index is 1.31. The summed E-state index contributed by atoms with van der Waals surface area (Å²) in [6.45, 7) is 5.85. The van der Waals surface area contributed by atoms with Crippen LogP contribution in [-0.4, -0.2) is 51.3 Å². The van der Waals surface area contributed by atoms with Crippen LogP contribution >= 0.6 is 0 Å². The molecule has 5 rings (SSSR count). The Labute approximate surface area is 232 Å². The van der Waals surface area contributed by atoms with Gasteiger partial charge in [0, 0.05) is 44.9 Å². The number of halogens is 1. The van der Waals surface area contributed by atoms with Crippen molar-refractivity contribution in [2.75, 3.05) is 29.9 Å². The fraction of sp³-hybridized carbons (Fsp3) is 0.400. The van der Waals surface area contributed by atoms with E-state index in [-0.39, 0.29) is 36.0 Å². The Kier molecular flexibility index (Phi) is 8.14. The van der Waals surface area contributed by atoms with Crippen LogP contribution in [0.5, 0.6) is 0 Å². The maximum absolute atomic E-state index is 13.5. The van der Waals surface area contributed by atoms with Crippen LogP contribution in [0, 0.1) is 11.7 Å². The molecule has 1 aliphatic heterocycles. The van der Waals surface area contributed by atoms with Crippen LogP contribution in [-0.2, 0) is 22.8 Å². The fourth-order valence-electron chi connectivity index (χ4n) is 5.21. The Morgan fingerprint density at radius 1 is 1.07 bits per heavy atom. The van der Waals surface area contributed by atoms with Gasteiger partial charge in [0.25, 0.3) is 5.56 Å². The first-order chi connectivity index (χ1) is 19.3. The quantitative estimate of drug-likeness (QED) is 0.287. The van der Waals surface area contributed by atoms with Gasteiger partial charge in [-0.25, -0.2) is 18.9 Å². The van der Waals surface area contributed by atoms with Gasteiger partial charge in [0.15, 0.2) is 6.73 Å². The van der Waals surface area contributed by atoms with E-state index in [0.29, 0.717) is 18.9 Å². The van der Waals surface area contributed by atoms with E-state index in [4.69, 9.17) is 9.72 Å². The maximum Gasteiger partial charge on any atom is 0.307 e. The lowest BCUT2D eigenvalue weighted by Crippen LogP contribution is -2.46. The summed E-state index contributed by atoms with van der Waals surface area (Å²) in [7, 11) is 1.93. The number of piperidine rings is 1. The first kappa shape index (κ1) is 27.4. The van der Waals surface area contributed by atoms with Gasteiger partial charge in [0.2, 0.25) is 11.9 Å². The molecule has 2 aromatic heterocycles. The third kappa shape index (κ3) is 6.00. The Morgan fingerprint density at radius 3 is 2.52 bits per heavy atom. The molecule has 2 aromatic carbocycles. The van der Waals surface area contributed by atoms with Crippen molar-refractivity contribution in [1.29, 1.82) is 0 Å². The van der Waals surface area contributed by atoms with E-state index in [2.05, 4.69) is 20.5 Å². The molecule has 0 atom stereocenters. The summed E-state index contributed by atoms with van der Waals surface area (Å²) >= 11 is 0. The third-order valence-electron chi connectivity index (χ3n) is 7.34. The summed E-state index contributed by atoms with van der Waals surface area (Å²) < 4.78 is 22.5. The van der Waals surface area contributed by atoms with Gasteiger partial charge in [-0.05, 0) is 48.6 Å². The van der Waals surface area contributed by atoms with E-state index in [1.165, 1.54) is 29.0 Å². The largest absolute Gasteiger partial charge is 0.444 e. The molecule has 0 unspecified atom stereocenters. The average Bonchev–Trinajstić information content (AvgIpc) is 3.31. The van der Waals surface area contributed by atoms with E-state index < -0.39 is 0 Å². The maximum atomic E-state index is 13.5. The predicted octanol–water partition coefficient (Wildman–Crippen LogP) is 4.43. The Hall–Kier alpha value is -4.21. The van der Waals surface area contributed by atoms with Gasteiger partial charge in [-0.2, -0.15) is 0 Å². The third-order valence-corrected chi connectivity index (χ3v) is 7.34. The molecule has 0 saturated carbocycles. The second-order valence-corrected chi connectivity index (χ2v) is 10.7. The molecule has 3 heterocycles. The van der Waals surface area contributed by atoms with E-state index in [1.54, 1.807) is 0 Å². The van der Waals surface area contributed by atoms with Gasteiger partial charge in [0.05, 0.1) is 17.6 Å². The summed E-state index contributed by atoms with van der Waals surface area (Å²) in [6, 6.07) is 16.1. The highest BCUT2D eigenvalue weighted by Crippen LogP contribution is 2.28. The molecule has 0 amide bonds. The van der Waals surface area contributed by atoms with Crippen molar-refractivity contribution in [3.05, 3.63) is 82.5 Å². The monoisotopic (exact) mass is 546 g/mol. The molecule has 9 nitrogen and oxygen atoms in total. The number of hydrogen-bond acceptors (Lipinski definition) is 7. The Bertz CT molecular complexity index is 1520. The van der Waals surface area contributed by atoms with Crippen LogP contribution in [0.4, 0.5) is 16.3 Å². The Morgan fingerprint density at radius 2 is 1.80 bits per heavy atom. The summed E-state index contributed by atoms with van der Waals surface area (Å²) in [5.74, 6) is 0.952. The van der Waals surface area contributed by atoms with Gasteiger partial charge in [-0.15, -0.1) is 0 Å².